The largest absolute Gasteiger partial charge is 0.330 e. The number of hydrogen-bond donors (Lipinski definition) is 1. The van der Waals surface area contributed by atoms with E-state index < -0.39 is 0 Å². The van der Waals surface area contributed by atoms with Crippen LogP contribution in [0.5, 0.6) is 0 Å². The van der Waals surface area contributed by atoms with Crippen LogP contribution in [0.4, 0.5) is 4.39 Å². The Labute approximate surface area is 127 Å². The molecular weight excluding hydrogens is 261 g/mol. The van der Waals surface area contributed by atoms with Crippen LogP contribution in [-0.2, 0) is 11.8 Å². The molecule has 2 heteroatoms. The van der Waals surface area contributed by atoms with Crippen LogP contribution in [0, 0.1) is 5.82 Å². The van der Waals surface area contributed by atoms with Crippen LogP contribution in [-0.4, -0.2) is 6.54 Å². The predicted molar refractivity (Wildman–Crippen MR) is 87.0 cm³/mol. The first-order valence-electron chi connectivity index (χ1n) is 7.45. The van der Waals surface area contributed by atoms with Crippen molar-refractivity contribution in [3.05, 3.63) is 71.0 Å². The van der Waals surface area contributed by atoms with Crippen molar-refractivity contribution in [3.8, 4) is 0 Å². The third-order valence-corrected chi connectivity index (χ3v) is 3.93. The Bertz CT molecular complexity index is 564. The third kappa shape index (κ3) is 4.15. The van der Waals surface area contributed by atoms with Gasteiger partial charge in [0.2, 0.25) is 0 Å². The SMILES string of the molecule is CC(C)(C)c1ccc(CC(CN)c2ccc(F)cc2)cc1. The van der Waals surface area contributed by atoms with E-state index in [0.717, 1.165) is 12.0 Å². The molecule has 0 fully saturated rings. The second-order valence-corrected chi connectivity index (χ2v) is 6.64. The molecule has 0 aliphatic carbocycles. The summed E-state index contributed by atoms with van der Waals surface area (Å²) in [4.78, 5) is 0. The highest BCUT2D eigenvalue weighted by Gasteiger charge is 2.14. The number of halogens is 1. The normalized spacial score (nSPS) is 13.2. The molecule has 0 radical (unpaired) electrons. The highest BCUT2D eigenvalue weighted by atomic mass is 19.1. The van der Waals surface area contributed by atoms with Gasteiger partial charge in [-0.3, -0.25) is 0 Å². The molecule has 0 spiro atoms. The lowest BCUT2D eigenvalue weighted by molar-refractivity contribution is 0.589. The van der Waals surface area contributed by atoms with E-state index in [-0.39, 0.29) is 17.2 Å². The van der Waals surface area contributed by atoms with Gasteiger partial charge in [0.1, 0.15) is 5.82 Å². The van der Waals surface area contributed by atoms with E-state index in [9.17, 15) is 4.39 Å². The molecule has 1 nitrogen and oxygen atoms in total. The summed E-state index contributed by atoms with van der Waals surface area (Å²) < 4.78 is 13.0. The van der Waals surface area contributed by atoms with Gasteiger partial charge in [-0.25, -0.2) is 4.39 Å². The summed E-state index contributed by atoms with van der Waals surface area (Å²) in [5.41, 5.74) is 9.76. The zero-order valence-electron chi connectivity index (χ0n) is 13.1. The van der Waals surface area contributed by atoms with Crippen LogP contribution in [0.3, 0.4) is 0 Å². The van der Waals surface area contributed by atoms with E-state index >= 15 is 0 Å². The Kier molecular flexibility index (Phi) is 4.79. The minimum atomic E-state index is -0.205. The lowest BCUT2D eigenvalue weighted by Crippen LogP contribution is -2.15. The van der Waals surface area contributed by atoms with Gasteiger partial charge in [-0.2, -0.15) is 0 Å². The molecule has 112 valence electrons. The second kappa shape index (κ2) is 6.40. The third-order valence-electron chi connectivity index (χ3n) is 3.93. The standard InChI is InChI=1S/C19H24FN/c1-19(2,3)17-8-4-14(5-9-17)12-16(13-21)15-6-10-18(20)11-7-15/h4-11,16H,12-13,21H2,1-3H3. The monoisotopic (exact) mass is 285 g/mol. The number of hydrogen-bond acceptors (Lipinski definition) is 1. The first-order valence-corrected chi connectivity index (χ1v) is 7.45. The minimum absolute atomic E-state index is 0.169. The second-order valence-electron chi connectivity index (χ2n) is 6.64. The maximum Gasteiger partial charge on any atom is 0.123 e. The molecule has 2 rings (SSSR count). The topological polar surface area (TPSA) is 26.0 Å². The Balaban J connectivity index is 2.13. The lowest BCUT2D eigenvalue weighted by atomic mass is 9.85. The van der Waals surface area contributed by atoms with Gasteiger partial charge in [0.05, 0.1) is 0 Å². The molecule has 0 aromatic heterocycles. The van der Waals surface area contributed by atoms with Crippen molar-refractivity contribution in [1.29, 1.82) is 0 Å². The smallest absolute Gasteiger partial charge is 0.123 e. The average molecular weight is 285 g/mol. The van der Waals surface area contributed by atoms with Gasteiger partial charge < -0.3 is 5.73 Å². The van der Waals surface area contributed by atoms with Crippen LogP contribution < -0.4 is 5.73 Å². The minimum Gasteiger partial charge on any atom is -0.330 e. The van der Waals surface area contributed by atoms with Crippen molar-refractivity contribution in [3.63, 3.8) is 0 Å². The van der Waals surface area contributed by atoms with Gasteiger partial charge >= 0.3 is 0 Å². The first kappa shape index (κ1) is 15.7. The van der Waals surface area contributed by atoms with Crippen LogP contribution in [0.15, 0.2) is 48.5 Å². The quantitative estimate of drug-likeness (QED) is 0.885. The van der Waals surface area contributed by atoms with Gasteiger partial charge in [0.15, 0.2) is 0 Å². The maximum absolute atomic E-state index is 13.0. The summed E-state index contributed by atoms with van der Waals surface area (Å²) in [5, 5.41) is 0. The van der Waals surface area contributed by atoms with E-state index in [1.54, 1.807) is 0 Å². The van der Waals surface area contributed by atoms with Crippen LogP contribution in [0.25, 0.3) is 0 Å². The van der Waals surface area contributed by atoms with Crippen molar-refractivity contribution >= 4 is 0 Å². The lowest BCUT2D eigenvalue weighted by Gasteiger charge is -2.20. The van der Waals surface area contributed by atoms with Crippen molar-refractivity contribution in [2.45, 2.75) is 38.5 Å². The maximum atomic E-state index is 13.0. The van der Waals surface area contributed by atoms with Gasteiger partial charge in [-0.1, -0.05) is 57.2 Å². The number of nitrogens with two attached hydrogens (primary N) is 1. The van der Waals surface area contributed by atoms with Crippen molar-refractivity contribution in [2.75, 3.05) is 6.54 Å². The molecule has 0 amide bonds. The summed E-state index contributed by atoms with van der Waals surface area (Å²) in [6.07, 6.45) is 0.882. The van der Waals surface area contributed by atoms with Gasteiger partial charge in [0, 0.05) is 5.92 Å². The Hall–Kier alpha value is -1.67. The van der Waals surface area contributed by atoms with E-state index in [0.29, 0.717) is 6.54 Å². The number of benzene rings is 2. The molecule has 0 aliphatic heterocycles. The fraction of sp³-hybridized carbons (Fsp3) is 0.368. The molecule has 0 bridgehead atoms. The molecule has 2 aromatic rings. The van der Waals surface area contributed by atoms with E-state index in [2.05, 4.69) is 45.0 Å². The molecule has 0 aliphatic rings. The van der Waals surface area contributed by atoms with E-state index in [1.165, 1.54) is 23.3 Å². The Morgan fingerprint density at radius 1 is 0.952 bits per heavy atom. The Morgan fingerprint density at radius 2 is 1.52 bits per heavy atom. The van der Waals surface area contributed by atoms with Gasteiger partial charge in [-0.05, 0) is 47.2 Å². The summed E-state index contributed by atoms with van der Waals surface area (Å²) in [7, 11) is 0. The van der Waals surface area contributed by atoms with E-state index in [1.807, 2.05) is 12.1 Å². The average Bonchev–Trinajstić information content (AvgIpc) is 2.45. The molecule has 0 heterocycles. The highest BCUT2D eigenvalue weighted by Crippen LogP contribution is 2.25. The summed E-state index contributed by atoms with van der Waals surface area (Å²) in [5.74, 6) is 0.0233. The van der Waals surface area contributed by atoms with Crippen molar-refractivity contribution in [1.82, 2.24) is 0 Å². The zero-order valence-corrected chi connectivity index (χ0v) is 13.1. The van der Waals surface area contributed by atoms with Crippen LogP contribution >= 0.6 is 0 Å². The summed E-state index contributed by atoms with van der Waals surface area (Å²) in [6, 6.07) is 15.4. The van der Waals surface area contributed by atoms with Crippen LogP contribution in [0.1, 0.15) is 43.4 Å². The van der Waals surface area contributed by atoms with Crippen molar-refractivity contribution < 1.29 is 4.39 Å². The zero-order chi connectivity index (χ0) is 15.5. The molecule has 1 atom stereocenters. The Morgan fingerprint density at radius 3 is 2.00 bits per heavy atom. The predicted octanol–water partition coefficient (Wildman–Crippen LogP) is 4.41. The van der Waals surface area contributed by atoms with Crippen molar-refractivity contribution in [2.24, 2.45) is 5.73 Å². The molecule has 0 saturated heterocycles. The molecule has 21 heavy (non-hydrogen) atoms. The fourth-order valence-electron chi connectivity index (χ4n) is 2.50. The van der Waals surface area contributed by atoms with Gasteiger partial charge in [-0.15, -0.1) is 0 Å². The van der Waals surface area contributed by atoms with E-state index in [4.69, 9.17) is 5.73 Å². The molecule has 1 unspecified atom stereocenters. The van der Waals surface area contributed by atoms with Gasteiger partial charge in [0.25, 0.3) is 0 Å². The molecule has 2 N–H and O–H groups in total. The van der Waals surface area contributed by atoms with Crippen LogP contribution in [0.2, 0.25) is 0 Å². The molecular formula is C19H24FN. The first-order chi connectivity index (χ1) is 9.90. The summed E-state index contributed by atoms with van der Waals surface area (Å²) in [6.45, 7) is 7.20. The highest BCUT2D eigenvalue weighted by molar-refractivity contribution is 5.30. The molecule has 2 aromatic carbocycles. The summed E-state index contributed by atoms with van der Waals surface area (Å²) >= 11 is 0. The number of rotatable bonds is 4. The fourth-order valence-corrected chi connectivity index (χ4v) is 2.50. The molecule has 0 saturated carbocycles.